The summed E-state index contributed by atoms with van der Waals surface area (Å²) in [6.45, 7) is 1.91. The van der Waals surface area contributed by atoms with Gasteiger partial charge in [-0.25, -0.2) is 4.68 Å². The van der Waals surface area contributed by atoms with Gasteiger partial charge >= 0.3 is 6.18 Å². The van der Waals surface area contributed by atoms with E-state index in [-0.39, 0.29) is 11.4 Å². The molecule has 0 atom stereocenters. The summed E-state index contributed by atoms with van der Waals surface area (Å²) >= 11 is 0. The first kappa shape index (κ1) is 21.6. The van der Waals surface area contributed by atoms with Crippen molar-refractivity contribution in [2.24, 2.45) is 0 Å². The molecule has 0 bridgehead atoms. The molecule has 0 unspecified atom stereocenters. The number of amides is 1. The van der Waals surface area contributed by atoms with Crippen molar-refractivity contribution in [1.29, 1.82) is 0 Å². The molecule has 6 nitrogen and oxygen atoms in total. The van der Waals surface area contributed by atoms with Crippen molar-refractivity contribution in [3.63, 3.8) is 0 Å². The number of carbonyl (C=O) groups excluding carboxylic acids is 1. The molecule has 0 N–H and O–H groups in total. The van der Waals surface area contributed by atoms with Gasteiger partial charge in [-0.1, -0.05) is 18.2 Å². The summed E-state index contributed by atoms with van der Waals surface area (Å²) in [5.41, 5.74) is 0.0837. The maximum absolute atomic E-state index is 13.4. The molecule has 1 aromatic heterocycles. The molecular weight excluding hydrogens is 423 g/mol. The average Bonchev–Trinajstić information content (AvgIpc) is 2.77. The van der Waals surface area contributed by atoms with Gasteiger partial charge in [0.1, 0.15) is 5.75 Å². The highest BCUT2D eigenvalue weighted by atomic mass is 19.4. The Morgan fingerprint density at radius 2 is 1.88 bits per heavy atom. The van der Waals surface area contributed by atoms with Crippen molar-refractivity contribution in [2.45, 2.75) is 25.9 Å². The van der Waals surface area contributed by atoms with Gasteiger partial charge in [-0.3, -0.25) is 9.59 Å². The smallest absolute Gasteiger partial charge is 0.416 e. The number of aromatic nitrogens is 2. The number of benzene rings is 2. The Hall–Kier alpha value is -3.62. The molecule has 1 aliphatic rings. The molecule has 0 saturated heterocycles. The molecule has 0 fully saturated rings. The number of alkyl halides is 3. The van der Waals surface area contributed by atoms with Gasteiger partial charge in [-0.2, -0.15) is 18.3 Å². The van der Waals surface area contributed by atoms with Crippen molar-refractivity contribution in [3.8, 4) is 11.4 Å². The highest BCUT2D eigenvalue weighted by Crippen LogP contribution is 2.36. The number of hydrogen-bond acceptors (Lipinski definition) is 4. The molecule has 0 aliphatic carbocycles. The quantitative estimate of drug-likeness (QED) is 0.610. The van der Waals surface area contributed by atoms with Gasteiger partial charge in [-0.05, 0) is 49.6 Å². The van der Waals surface area contributed by atoms with Crippen LogP contribution in [0.3, 0.4) is 0 Å². The monoisotopic (exact) mass is 443 g/mol. The molecule has 166 valence electrons. The first-order chi connectivity index (χ1) is 15.2. The van der Waals surface area contributed by atoms with Crippen LogP contribution in [0.4, 0.5) is 18.9 Å². The Labute approximate surface area is 181 Å². The second kappa shape index (κ2) is 8.14. The summed E-state index contributed by atoms with van der Waals surface area (Å²) in [6, 6.07) is 11.2. The van der Waals surface area contributed by atoms with Crippen LogP contribution < -0.4 is 15.1 Å². The Morgan fingerprint density at radius 1 is 1.12 bits per heavy atom. The number of anilines is 1. The van der Waals surface area contributed by atoms with Gasteiger partial charge in [-0.15, -0.1) is 0 Å². The van der Waals surface area contributed by atoms with Crippen molar-refractivity contribution >= 4 is 11.6 Å². The van der Waals surface area contributed by atoms with Gasteiger partial charge in [0.15, 0.2) is 5.69 Å². The Balaban J connectivity index is 1.81. The van der Waals surface area contributed by atoms with E-state index in [9.17, 15) is 22.8 Å². The summed E-state index contributed by atoms with van der Waals surface area (Å²) in [6.07, 6.45) is -3.08. The summed E-state index contributed by atoms with van der Waals surface area (Å²) in [4.78, 5) is 27.5. The zero-order valence-electron chi connectivity index (χ0n) is 17.4. The fraction of sp³-hybridized carbons (Fsp3) is 0.261. The van der Waals surface area contributed by atoms with Crippen LogP contribution >= 0.6 is 0 Å². The Morgan fingerprint density at radius 3 is 2.59 bits per heavy atom. The predicted octanol–water partition coefficient (Wildman–Crippen LogP) is 4.16. The van der Waals surface area contributed by atoms with Crippen molar-refractivity contribution in [2.75, 3.05) is 18.6 Å². The summed E-state index contributed by atoms with van der Waals surface area (Å²) in [5.74, 6) is -0.123. The van der Waals surface area contributed by atoms with Crippen LogP contribution in [-0.2, 0) is 12.6 Å². The molecular formula is C23H20F3N3O3. The van der Waals surface area contributed by atoms with Crippen molar-refractivity contribution in [1.82, 2.24) is 9.78 Å². The van der Waals surface area contributed by atoms with Crippen LogP contribution in [-0.4, -0.2) is 29.3 Å². The van der Waals surface area contributed by atoms with E-state index in [0.29, 0.717) is 30.1 Å². The molecule has 1 amide bonds. The molecule has 1 aliphatic heterocycles. The van der Waals surface area contributed by atoms with Crippen LogP contribution in [0, 0.1) is 6.92 Å². The maximum Gasteiger partial charge on any atom is 0.416 e. The van der Waals surface area contributed by atoms with Crippen LogP contribution in [0.5, 0.6) is 5.75 Å². The van der Waals surface area contributed by atoms with E-state index < -0.39 is 23.1 Å². The van der Waals surface area contributed by atoms with Crippen LogP contribution in [0.1, 0.15) is 33.7 Å². The van der Waals surface area contributed by atoms with E-state index in [1.807, 2.05) is 12.1 Å². The van der Waals surface area contributed by atoms with E-state index in [1.165, 1.54) is 34.9 Å². The molecule has 4 rings (SSSR count). The number of nitrogens with zero attached hydrogens (tertiary/aromatic N) is 3. The lowest BCUT2D eigenvalue weighted by molar-refractivity contribution is -0.137. The SMILES string of the molecule is COc1cccc2c1N(C(=O)c1nn(-c3cccc(C(F)(F)F)c3)c(C)cc1=O)CCC2. The second-order valence-corrected chi connectivity index (χ2v) is 7.49. The summed E-state index contributed by atoms with van der Waals surface area (Å²) < 4.78 is 46.1. The molecule has 32 heavy (non-hydrogen) atoms. The van der Waals surface area contributed by atoms with Crippen molar-refractivity contribution < 1.29 is 22.7 Å². The van der Waals surface area contributed by atoms with Crippen LogP contribution in [0.15, 0.2) is 53.3 Å². The molecule has 2 heterocycles. The highest BCUT2D eigenvalue weighted by Gasteiger charge is 2.32. The zero-order valence-corrected chi connectivity index (χ0v) is 17.4. The van der Waals surface area contributed by atoms with Gasteiger partial charge in [0.05, 0.1) is 24.0 Å². The normalized spacial score (nSPS) is 13.6. The fourth-order valence-corrected chi connectivity index (χ4v) is 3.88. The second-order valence-electron chi connectivity index (χ2n) is 7.49. The molecule has 0 spiro atoms. The van der Waals surface area contributed by atoms with E-state index in [0.717, 1.165) is 24.1 Å². The fourth-order valence-electron chi connectivity index (χ4n) is 3.88. The molecule has 9 heteroatoms. The van der Waals surface area contributed by atoms with Gasteiger partial charge in [0.25, 0.3) is 5.91 Å². The van der Waals surface area contributed by atoms with Gasteiger partial charge in [0.2, 0.25) is 5.43 Å². The first-order valence-corrected chi connectivity index (χ1v) is 9.97. The number of para-hydroxylation sites is 1. The van der Waals surface area contributed by atoms with Crippen LogP contribution in [0.2, 0.25) is 0 Å². The number of rotatable bonds is 3. The van der Waals surface area contributed by atoms with E-state index in [4.69, 9.17) is 4.74 Å². The topological polar surface area (TPSA) is 64.4 Å². The largest absolute Gasteiger partial charge is 0.495 e. The number of halogens is 3. The van der Waals surface area contributed by atoms with E-state index >= 15 is 0 Å². The van der Waals surface area contributed by atoms with Gasteiger partial charge < -0.3 is 9.64 Å². The maximum atomic E-state index is 13.4. The molecule has 2 aromatic carbocycles. The highest BCUT2D eigenvalue weighted by molar-refractivity contribution is 6.06. The lowest BCUT2D eigenvalue weighted by atomic mass is 10.0. The Kier molecular flexibility index (Phi) is 5.50. The van der Waals surface area contributed by atoms with E-state index in [2.05, 4.69) is 5.10 Å². The number of carbonyl (C=O) groups is 1. The van der Waals surface area contributed by atoms with Gasteiger partial charge in [0, 0.05) is 18.3 Å². The number of ether oxygens (including phenoxy) is 1. The molecule has 0 radical (unpaired) electrons. The minimum absolute atomic E-state index is 0.1000. The minimum atomic E-state index is -4.53. The number of aryl methyl sites for hydroxylation is 2. The standard InChI is InChI=1S/C23H20F3N3O3/c1-14-12-18(30)20(27-29(14)17-9-4-8-16(13-17)23(24,25)26)22(31)28-11-5-7-15-6-3-10-19(32-2)21(15)28/h3-4,6,8-10,12-13H,5,7,11H2,1-2H3. The zero-order chi connectivity index (χ0) is 23.0. The predicted molar refractivity (Wildman–Crippen MR) is 113 cm³/mol. The lowest BCUT2D eigenvalue weighted by Crippen LogP contribution is -2.39. The summed E-state index contributed by atoms with van der Waals surface area (Å²) in [7, 11) is 1.50. The van der Waals surface area contributed by atoms with Crippen molar-refractivity contribution in [3.05, 3.63) is 81.3 Å². The minimum Gasteiger partial charge on any atom is -0.495 e. The number of fused-ring (bicyclic) bond motifs is 1. The summed E-state index contributed by atoms with van der Waals surface area (Å²) in [5, 5.41) is 4.17. The first-order valence-electron chi connectivity index (χ1n) is 9.97. The molecule has 3 aromatic rings. The lowest BCUT2D eigenvalue weighted by Gasteiger charge is -2.30. The number of methoxy groups -OCH3 is 1. The van der Waals surface area contributed by atoms with E-state index in [1.54, 1.807) is 13.0 Å². The average molecular weight is 443 g/mol. The third kappa shape index (κ3) is 3.86. The Bertz CT molecular complexity index is 1240. The third-order valence-corrected chi connectivity index (χ3v) is 5.37. The van der Waals surface area contributed by atoms with Crippen LogP contribution in [0.25, 0.3) is 5.69 Å². The third-order valence-electron chi connectivity index (χ3n) is 5.37. The molecule has 0 saturated carbocycles. The number of hydrogen-bond donors (Lipinski definition) is 0.